The van der Waals surface area contributed by atoms with Crippen molar-refractivity contribution in [2.24, 2.45) is 5.41 Å². The molecule has 0 aliphatic carbocycles. The van der Waals surface area contributed by atoms with Crippen molar-refractivity contribution in [3.8, 4) is 0 Å². The summed E-state index contributed by atoms with van der Waals surface area (Å²) in [6.45, 7) is 15.0. The van der Waals surface area contributed by atoms with Crippen LogP contribution in [-0.4, -0.2) is 34.6 Å². The van der Waals surface area contributed by atoms with Crippen LogP contribution < -0.4 is 0 Å². The molecule has 1 saturated heterocycles. The van der Waals surface area contributed by atoms with E-state index >= 15 is 0 Å². The number of benzene rings is 1. The van der Waals surface area contributed by atoms with Crippen molar-refractivity contribution in [1.29, 1.82) is 0 Å². The van der Waals surface area contributed by atoms with Gasteiger partial charge in [-0.25, -0.2) is 0 Å². The Morgan fingerprint density at radius 3 is 2.04 bits per heavy atom. The number of hydrogen-bond donors (Lipinski definition) is 0. The molecule has 1 heterocycles. The maximum Gasteiger partial charge on any atom is 0.312 e. The Labute approximate surface area is 160 Å². The van der Waals surface area contributed by atoms with Crippen LogP contribution >= 0.6 is 0 Å². The molecule has 1 aliphatic heterocycles. The zero-order valence-corrected chi connectivity index (χ0v) is 18.0. The van der Waals surface area contributed by atoms with E-state index in [0.717, 1.165) is 25.7 Å². The molecule has 1 fully saturated rings. The molecular weight excluding hydrogens is 322 g/mol. The third kappa shape index (κ3) is 4.31. The Morgan fingerprint density at radius 2 is 1.58 bits per heavy atom. The van der Waals surface area contributed by atoms with Crippen molar-refractivity contribution >= 4 is 5.97 Å². The quantitative estimate of drug-likeness (QED) is 0.674. The van der Waals surface area contributed by atoms with Gasteiger partial charge in [-0.15, -0.1) is 0 Å². The number of piperidine rings is 1. The van der Waals surface area contributed by atoms with E-state index < -0.39 is 11.0 Å². The zero-order valence-electron chi connectivity index (χ0n) is 18.0. The predicted molar refractivity (Wildman–Crippen MR) is 108 cm³/mol. The van der Waals surface area contributed by atoms with Crippen LogP contribution in [-0.2, 0) is 16.0 Å². The molecule has 0 N–H and O–H groups in total. The highest BCUT2D eigenvalue weighted by molar-refractivity contribution is 5.76. The maximum atomic E-state index is 13.0. The van der Waals surface area contributed by atoms with E-state index in [9.17, 15) is 4.79 Å². The van der Waals surface area contributed by atoms with Crippen molar-refractivity contribution in [2.45, 2.75) is 90.8 Å². The lowest BCUT2D eigenvalue weighted by molar-refractivity contribution is -0.191. The highest BCUT2D eigenvalue weighted by Crippen LogP contribution is 2.46. The largest absolute Gasteiger partial charge is 0.458 e. The molecule has 0 amide bonds. The molecule has 0 saturated carbocycles. The average Bonchev–Trinajstić information content (AvgIpc) is 2.52. The third-order valence-corrected chi connectivity index (χ3v) is 6.44. The van der Waals surface area contributed by atoms with Crippen molar-refractivity contribution < 1.29 is 9.53 Å². The molecule has 0 radical (unpaired) electrons. The summed E-state index contributed by atoms with van der Waals surface area (Å²) in [6.07, 6.45) is 3.21. The second-order valence-electron chi connectivity index (χ2n) is 10.0. The van der Waals surface area contributed by atoms with Gasteiger partial charge in [0.05, 0.1) is 5.41 Å². The van der Waals surface area contributed by atoms with Crippen LogP contribution in [0.4, 0.5) is 0 Å². The molecule has 0 spiro atoms. The topological polar surface area (TPSA) is 29.5 Å². The Hall–Kier alpha value is -1.35. The van der Waals surface area contributed by atoms with Gasteiger partial charge in [0, 0.05) is 30.3 Å². The number of nitrogens with zero attached hydrogens (tertiary/aromatic N) is 1. The van der Waals surface area contributed by atoms with Crippen LogP contribution in [0.15, 0.2) is 30.3 Å². The number of esters is 1. The van der Waals surface area contributed by atoms with E-state index in [1.807, 2.05) is 26.8 Å². The maximum absolute atomic E-state index is 13.0. The van der Waals surface area contributed by atoms with Crippen LogP contribution in [0.3, 0.4) is 0 Å². The lowest BCUT2D eigenvalue weighted by atomic mass is 9.69. The van der Waals surface area contributed by atoms with Gasteiger partial charge in [0.25, 0.3) is 0 Å². The molecular formula is C23H37NO2. The summed E-state index contributed by atoms with van der Waals surface area (Å²) in [5.74, 6) is -0.0768. The van der Waals surface area contributed by atoms with E-state index in [4.69, 9.17) is 4.74 Å². The monoisotopic (exact) mass is 359 g/mol. The number of carbonyl (C=O) groups is 1. The van der Waals surface area contributed by atoms with Gasteiger partial charge >= 0.3 is 5.97 Å². The van der Waals surface area contributed by atoms with E-state index in [1.54, 1.807) is 0 Å². The summed E-state index contributed by atoms with van der Waals surface area (Å²) in [7, 11) is 2.18. The minimum absolute atomic E-state index is 0.0484. The summed E-state index contributed by atoms with van der Waals surface area (Å²) >= 11 is 0. The Morgan fingerprint density at radius 1 is 1.08 bits per heavy atom. The van der Waals surface area contributed by atoms with Gasteiger partial charge in [-0.2, -0.15) is 0 Å². The lowest BCUT2D eigenvalue weighted by Crippen LogP contribution is -2.65. The standard InChI is InChI=1S/C23H37NO2/c1-9-20(2,3)19(25)26-23(15-18-13-11-10-12-14-18)16-21(4,5)24(8)22(6,7)17-23/h10-14H,9,15-17H2,1-8H3. The molecule has 0 unspecified atom stereocenters. The van der Waals surface area contributed by atoms with Crippen molar-refractivity contribution in [3.05, 3.63) is 35.9 Å². The van der Waals surface area contributed by atoms with Gasteiger partial charge in [-0.3, -0.25) is 9.69 Å². The van der Waals surface area contributed by atoms with Gasteiger partial charge in [0.1, 0.15) is 5.60 Å². The molecule has 1 aromatic rings. The van der Waals surface area contributed by atoms with Gasteiger partial charge in [-0.05, 0) is 60.6 Å². The molecule has 0 aromatic heterocycles. The van der Waals surface area contributed by atoms with Gasteiger partial charge in [-0.1, -0.05) is 37.3 Å². The first kappa shape index (κ1) is 21.0. The SMILES string of the molecule is CCC(C)(C)C(=O)OC1(Cc2ccccc2)CC(C)(C)N(C)C(C)(C)C1. The second kappa shape index (κ2) is 6.99. The number of rotatable bonds is 5. The highest BCUT2D eigenvalue weighted by atomic mass is 16.6. The molecule has 1 aliphatic rings. The van der Waals surface area contributed by atoms with Gasteiger partial charge in [0.15, 0.2) is 0 Å². The summed E-state index contributed by atoms with van der Waals surface area (Å²) in [5.41, 5.74) is 0.192. The van der Waals surface area contributed by atoms with Crippen LogP contribution in [0.2, 0.25) is 0 Å². The molecule has 2 rings (SSSR count). The summed E-state index contributed by atoms with van der Waals surface area (Å²) in [5, 5.41) is 0. The zero-order chi connectivity index (χ0) is 19.8. The summed E-state index contributed by atoms with van der Waals surface area (Å²) in [6, 6.07) is 10.4. The number of likely N-dealkylation sites (tertiary alicyclic amines) is 1. The molecule has 0 bridgehead atoms. The molecule has 26 heavy (non-hydrogen) atoms. The van der Waals surface area contributed by atoms with Crippen molar-refractivity contribution in [3.63, 3.8) is 0 Å². The first-order valence-corrected chi connectivity index (χ1v) is 9.85. The van der Waals surface area contributed by atoms with Gasteiger partial charge < -0.3 is 4.74 Å². The fourth-order valence-electron chi connectivity index (χ4n) is 4.38. The minimum atomic E-state index is -0.482. The van der Waals surface area contributed by atoms with E-state index in [1.165, 1.54) is 5.56 Å². The Balaban J connectivity index is 2.43. The molecule has 3 nitrogen and oxygen atoms in total. The molecule has 0 atom stereocenters. The minimum Gasteiger partial charge on any atom is -0.458 e. The van der Waals surface area contributed by atoms with Crippen LogP contribution in [0.1, 0.15) is 73.3 Å². The first-order chi connectivity index (χ1) is 11.8. The van der Waals surface area contributed by atoms with Crippen LogP contribution in [0, 0.1) is 5.41 Å². The third-order valence-electron chi connectivity index (χ3n) is 6.44. The summed E-state index contributed by atoms with van der Waals surface area (Å²) < 4.78 is 6.39. The number of hydrogen-bond acceptors (Lipinski definition) is 3. The Bertz CT molecular complexity index is 613. The summed E-state index contributed by atoms with van der Waals surface area (Å²) in [4.78, 5) is 15.5. The number of ether oxygens (including phenoxy) is 1. The molecule has 3 heteroatoms. The van der Waals surface area contributed by atoms with Crippen LogP contribution in [0.5, 0.6) is 0 Å². The molecule has 1 aromatic carbocycles. The normalized spacial score (nSPS) is 22.0. The smallest absolute Gasteiger partial charge is 0.312 e. The van der Waals surface area contributed by atoms with Crippen molar-refractivity contribution in [1.82, 2.24) is 4.90 Å². The van der Waals surface area contributed by atoms with E-state index in [2.05, 4.69) is 63.9 Å². The number of carbonyl (C=O) groups excluding carboxylic acids is 1. The molecule has 146 valence electrons. The second-order valence-corrected chi connectivity index (χ2v) is 10.0. The fourth-order valence-corrected chi connectivity index (χ4v) is 4.38. The van der Waals surface area contributed by atoms with Crippen LogP contribution in [0.25, 0.3) is 0 Å². The predicted octanol–water partition coefficient (Wildman–Crippen LogP) is 5.23. The highest BCUT2D eigenvalue weighted by Gasteiger charge is 2.53. The van der Waals surface area contributed by atoms with E-state index in [-0.39, 0.29) is 17.0 Å². The fraction of sp³-hybridized carbons (Fsp3) is 0.696. The van der Waals surface area contributed by atoms with Gasteiger partial charge in [0.2, 0.25) is 0 Å². The van der Waals surface area contributed by atoms with Crippen molar-refractivity contribution in [2.75, 3.05) is 7.05 Å². The first-order valence-electron chi connectivity index (χ1n) is 9.85. The lowest BCUT2D eigenvalue weighted by Gasteiger charge is -2.58. The van der Waals surface area contributed by atoms with E-state index in [0.29, 0.717) is 0 Å². The Kier molecular flexibility index (Phi) is 5.64. The average molecular weight is 360 g/mol.